The van der Waals surface area contributed by atoms with Crippen molar-refractivity contribution in [1.29, 1.82) is 0 Å². The molecule has 0 spiro atoms. The highest BCUT2D eigenvalue weighted by Gasteiger charge is 2.22. The Bertz CT molecular complexity index is 383. The Labute approximate surface area is 111 Å². The zero-order valence-corrected chi connectivity index (χ0v) is 12.1. The fourth-order valence-corrected chi connectivity index (χ4v) is 2.84. The standard InChI is InChI=1S/C12H19BrN4/c1-9-10(2)15-16-12(14-9)17-7-5-3-4-6-11(17)8-13/h11H,3-8H2,1-2H3. The van der Waals surface area contributed by atoms with Crippen LogP contribution in [0.1, 0.15) is 37.1 Å². The van der Waals surface area contributed by atoms with Gasteiger partial charge in [0.05, 0.1) is 11.4 Å². The molecule has 0 aliphatic carbocycles. The van der Waals surface area contributed by atoms with Crippen LogP contribution in [0.25, 0.3) is 0 Å². The minimum Gasteiger partial charge on any atom is -0.336 e. The summed E-state index contributed by atoms with van der Waals surface area (Å²) in [6.45, 7) is 4.98. The highest BCUT2D eigenvalue weighted by atomic mass is 79.9. The molecule has 0 aromatic carbocycles. The summed E-state index contributed by atoms with van der Waals surface area (Å²) >= 11 is 3.60. The van der Waals surface area contributed by atoms with Gasteiger partial charge in [-0.1, -0.05) is 28.8 Å². The van der Waals surface area contributed by atoms with E-state index in [0.717, 1.165) is 29.2 Å². The van der Waals surface area contributed by atoms with Gasteiger partial charge in [0.25, 0.3) is 0 Å². The quantitative estimate of drug-likeness (QED) is 0.787. The highest BCUT2D eigenvalue weighted by Crippen LogP contribution is 2.22. The first kappa shape index (κ1) is 12.7. The molecule has 1 aliphatic rings. The second kappa shape index (κ2) is 5.76. The van der Waals surface area contributed by atoms with Crippen LogP contribution >= 0.6 is 15.9 Å². The van der Waals surface area contributed by atoms with E-state index in [1.165, 1.54) is 25.7 Å². The van der Waals surface area contributed by atoms with Crippen molar-refractivity contribution in [3.63, 3.8) is 0 Å². The average molecular weight is 299 g/mol. The minimum atomic E-state index is 0.501. The molecule has 1 fully saturated rings. The summed E-state index contributed by atoms with van der Waals surface area (Å²) in [6.07, 6.45) is 5.03. The van der Waals surface area contributed by atoms with E-state index in [2.05, 4.69) is 36.0 Å². The summed E-state index contributed by atoms with van der Waals surface area (Å²) in [5.74, 6) is 0.791. The maximum Gasteiger partial charge on any atom is 0.245 e. The zero-order chi connectivity index (χ0) is 12.3. The van der Waals surface area contributed by atoms with Crippen LogP contribution in [0.3, 0.4) is 0 Å². The molecule has 1 aromatic rings. The average Bonchev–Trinajstić information content (AvgIpc) is 2.57. The van der Waals surface area contributed by atoms with Gasteiger partial charge in [0.2, 0.25) is 5.95 Å². The fraction of sp³-hybridized carbons (Fsp3) is 0.750. The van der Waals surface area contributed by atoms with Crippen LogP contribution in [0.4, 0.5) is 5.95 Å². The molecule has 5 heteroatoms. The highest BCUT2D eigenvalue weighted by molar-refractivity contribution is 9.09. The van der Waals surface area contributed by atoms with E-state index in [1.54, 1.807) is 0 Å². The largest absolute Gasteiger partial charge is 0.336 e. The van der Waals surface area contributed by atoms with Gasteiger partial charge in [-0.25, -0.2) is 4.98 Å². The van der Waals surface area contributed by atoms with Gasteiger partial charge in [0.1, 0.15) is 0 Å². The summed E-state index contributed by atoms with van der Waals surface area (Å²) in [5.41, 5.74) is 1.89. The van der Waals surface area contributed by atoms with Crippen molar-refractivity contribution in [2.45, 2.75) is 45.6 Å². The lowest BCUT2D eigenvalue weighted by atomic mass is 10.1. The number of aryl methyl sites for hydroxylation is 2. The number of rotatable bonds is 2. The predicted octanol–water partition coefficient (Wildman–Crippen LogP) is 2.63. The van der Waals surface area contributed by atoms with Crippen molar-refractivity contribution in [2.75, 3.05) is 16.8 Å². The topological polar surface area (TPSA) is 41.9 Å². The number of anilines is 1. The van der Waals surface area contributed by atoms with Gasteiger partial charge in [0.15, 0.2) is 0 Å². The number of nitrogens with zero attached hydrogens (tertiary/aromatic N) is 4. The Hall–Kier alpha value is -0.710. The van der Waals surface area contributed by atoms with Gasteiger partial charge in [0, 0.05) is 17.9 Å². The summed E-state index contributed by atoms with van der Waals surface area (Å²) in [6, 6.07) is 0.501. The van der Waals surface area contributed by atoms with E-state index in [-0.39, 0.29) is 0 Å². The van der Waals surface area contributed by atoms with Crippen LogP contribution in [0, 0.1) is 13.8 Å². The van der Waals surface area contributed by atoms with E-state index in [0.29, 0.717) is 6.04 Å². The zero-order valence-electron chi connectivity index (χ0n) is 10.5. The second-order valence-corrected chi connectivity index (χ2v) is 5.28. The molecule has 0 amide bonds. The number of aromatic nitrogens is 3. The lowest BCUT2D eigenvalue weighted by Gasteiger charge is -2.28. The van der Waals surface area contributed by atoms with Crippen LogP contribution < -0.4 is 4.90 Å². The summed E-state index contributed by atoms with van der Waals surface area (Å²) in [5, 5.41) is 9.41. The first-order chi connectivity index (χ1) is 8.22. The van der Waals surface area contributed by atoms with Gasteiger partial charge in [-0.2, -0.15) is 5.10 Å². The van der Waals surface area contributed by atoms with Crippen LogP contribution in [-0.2, 0) is 0 Å². The second-order valence-electron chi connectivity index (χ2n) is 4.63. The Balaban J connectivity index is 2.25. The predicted molar refractivity (Wildman–Crippen MR) is 72.7 cm³/mol. The summed E-state index contributed by atoms with van der Waals surface area (Å²) in [4.78, 5) is 6.87. The van der Waals surface area contributed by atoms with Crippen LogP contribution in [0.5, 0.6) is 0 Å². The lowest BCUT2D eigenvalue weighted by Crippen LogP contribution is -2.37. The molecule has 1 saturated heterocycles. The molecule has 4 nitrogen and oxygen atoms in total. The first-order valence-electron chi connectivity index (χ1n) is 6.23. The van der Waals surface area contributed by atoms with Crippen LogP contribution in [0.2, 0.25) is 0 Å². The Morgan fingerprint density at radius 1 is 1.18 bits per heavy atom. The molecule has 1 unspecified atom stereocenters. The monoisotopic (exact) mass is 298 g/mol. The molecular formula is C12H19BrN4. The molecule has 0 N–H and O–H groups in total. The third kappa shape index (κ3) is 2.94. The first-order valence-corrected chi connectivity index (χ1v) is 7.35. The molecule has 1 aliphatic heterocycles. The van der Waals surface area contributed by atoms with E-state index in [9.17, 15) is 0 Å². The number of halogens is 1. The third-order valence-corrected chi connectivity index (χ3v) is 4.14. The molecule has 1 aromatic heterocycles. The van der Waals surface area contributed by atoms with E-state index in [4.69, 9.17) is 0 Å². The van der Waals surface area contributed by atoms with Gasteiger partial charge in [-0.3, -0.25) is 0 Å². The molecule has 0 bridgehead atoms. The fourth-order valence-electron chi connectivity index (χ4n) is 2.17. The maximum atomic E-state index is 4.57. The molecule has 1 atom stereocenters. The van der Waals surface area contributed by atoms with Crippen molar-refractivity contribution in [1.82, 2.24) is 15.2 Å². The van der Waals surface area contributed by atoms with E-state index >= 15 is 0 Å². The van der Waals surface area contributed by atoms with Gasteiger partial charge >= 0.3 is 0 Å². The normalized spacial score (nSPS) is 21.4. The maximum absolute atomic E-state index is 4.57. The number of hydrogen-bond acceptors (Lipinski definition) is 4. The van der Waals surface area contributed by atoms with E-state index < -0.39 is 0 Å². The Morgan fingerprint density at radius 2 is 2.00 bits per heavy atom. The molecule has 94 valence electrons. The molecule has 17 heavy (non-hydrogen) atoms. The molecule has 2 rings (SSSR count). The molecule has 2 heterocycles. The van der Waals surface area contributed by atoms with Crippen LogP contribution in [-0.4, -0.2) is 33.1 Å². The van der Waals surface area contributed by atoms with E-state index in [1.807, 2.05) is 13.8 Å². The SMILES string of the molecule is Cc1nnc(N2CCCCCC2CBr)nc1C. The lowest BCUT2D eigenvalue weighted by molar-refractivity contribution is 0.608. The van der Waals surface area contributed by atoms with Gasteiger partial charge in [-0.15, -0.1) is 5.10 Å². The molecular weight excluding hydrogens is 280 g/mol. The van der Waals surface area contributed by atoms with Crippen LogP contribution in [0.15, 0.2) is 0 Å². The number of alkyl halides is 1. The van der Waals surface area contributed by atoms with Gasteiger partial charge in [-0.05, 0) is 26.7 Å². The van der Waals surface area contributed by atoms with Crippen molar-refractivity contribution in [2.24, 2.45) is 0 Å². The van der Waals surface area contributed by atoms with Gasteiger partial charge < -0.3 is 4.90 Å². The summed E-state index contributed by atoms with van der Waals surface area (Å²) in [7, 11) is 0. The Kier molecular flexibility index (Phi) is 4.31. The summed E-state index contributed by atoms with van der Waals surface area (Å²) < 4.78 is 0. The minimum absolute atomic E-state index is 0.501. The smallest absolute Gasteiger partial charge is 0.245 e. The Morgan fingerprint density at radius 3 is 2.71 bits per heavy atom. The third-order valence-electron chi connectivity index (χ3n) is 3.39. The van der Waals surface area contributed by atoms with Crippen molar-refractivity contribution in [3.8, 4) is 0 Å². The van der Waals surface area contributed by atoms with Crippen molar-refractivity contribution >= 4 is 21.9 Å². The molecule has 0 saturated carbocycles. The van der Waals surface area contributed by atoms with Crippen molar-refractivity contribution < 1.29 is 0 Å². The number of hydrogen-bond donors (Lipinski definition) is 0. The molecule has 0 radical (unpaired) electrons. The van der Waals surface area contributed by atoms with Crippen molar-refractivity contribution in [3.05, 3.63) is 11.4 Å².